The Morgan fingerprint density at radius 3 is 2.71 bits per heavy atom. The maximum Gasteiger partial charge on any atom is 0.230 e. The number of benzene rings is 2. The summed E-state index contributed by atoms with van der Waals surface area (Å²) in [6, 6.07) is 13.2. The minimum absolute atomic E-state index is 0.00800. The normalized spacial score (nSPS) is 10.5. The van der Waals surface area contributed by atoms with Gasteiger partial charge in [-0.3, -0.25) is 4.79 Å². The smallest absolute Gasteiger partial charge is 0.230 e. The van der Waals surface area contributed by atoms with E-state index in [9.17, 15) is 4.79 Å². The van der Waals surface area contributed by atoms with Crippen LogP contribution in [0.1, 0.15) is 18.1 Å². The molecule has 128 valence electrons. The Bertz CT molecular complexity index is 694. The molecule has 0 saturated heterocycles. The van der Waals surface area contributed by atoms with E-state index in [0.717, 1.165) is 16.9 Å². The van der Waals surface area contributed by atoms with Crippen LogP contribution in [0.3, 0.4) is 0 Å². The van der Waals surface area contributed by atoms with Gasteiger partial charge in [-0.25, -0.2) is 0 Å². The van der Waals surface area contributed by atoms with Gasteiger partial charge in [-0.05, 0) is 30.7 Å². The van der Waals surface area contributed by atoms with Crippen molar-refractivity contribution in [3.8, 4) is 5.75 Å². The third kappa shape index (κ3) is 5.93. The largest absolute Gasteiger partial charge is 0.494 e. The van der Waals surface area contributed by atoms with Crippen molar-refractivity contribution in [2.24, 2.45) is 0 Å². The number of hydrogen-bond donors (Lipinski definition) is 1. The summed E-state index contributed by atoms with van der Waals surface area (Å²) >= 11 is 13.4. The van der Waals surface area contributed by atoms with Crippen LogP contribution in [0.5, 0.6) is 5.75 Å². The number of nitrogens with one attached hydrogen (secondary N) is 1. The van der Waals surface area contributed by atoms with Gasteiger partial charge in [0.1, 0.15) is 5.75 Å². The zero-order valence-corrected chi connectivity index (χ0v) is 15.7. The SMILES string of the molecule is CCOc1ccccc1CNC(=O)CSCc1ccc(Cl)c(Cl)c1. The molecule has 2 aromatic rings. The summed E-state index contributed by atoms with van der Waals surface area (Å²) in [5.41, 5.74) is 2.02. The number of halogens is 2. The van der Waals surface area contributed by atoms with E-state index in [4.69, 9.17) is 27.9 Å². The molecule has 1 amide bonds. The van der Waals surface area contributed by atoms with Crippen LogP contribution in [0.15, 0.2) is 42.5 Å². The summed E-state index contributed by atoms with van der Waals surface area (Å²) in [6.45, 7) is 3.00. The van der Waals surface area contributed by atoms with Crippen molar-refractivity contribution in [1.82, 2.24) is 5.32 Å². The van der Waals surface area contributed by atoms with Gasteiger partial charge in [0, 0.05) is 17.9 Å². The van der Waals surface area contributed by atoms with Gasteiger partial charge in [-0.2, -0.15) is 0 Å². The lowest BCUT2D eigenvalue weighted by molar-refractivity contribution is -0.118. The molecule has 2 rings (SSSR count). The van der Waals surface area contributed by atoms with Crippen LogP contribution in [0.4, 0.5) is 0 Å². The van der Waals surface area contributed by atoms with Crippen LogP contribution in [-0.4, -0.2) is 18.3 Å². The Labute approximate surface area is 156 Å². The number of amides is 1. The average Bonchev–Trinajstić information content (AvgIpc) is 2.57. The Morgan fingerprint density at radius 1 is 1.17 bits per heavy atom. The van der Waals surface area contributed by atoms with Crippen LogP contribution in [0.25, 0.3) is 0 Å². The molecule has 6 heteroatoms. The van der Waals surface area contributed by atoms with E-state index in [-0.39, 0.29) is 5.91 Å². The molecule has 0 aliphatic carbocycles. The van der Waals surface area contributed by atoms with E-state index >= 15 is 0 Å². The predicted molar refractivity (Wildman–Crippen MR) is 102 cm³/mol. The van der Waals surface area contributed by atoms with Gasteiger partial charge in [-0.15, -0.1) is 11.8 Å². The van der Waals surface area contributed by atoms with Crippen LogP contribution in [0.2, 0.25) is 10.0 Å². The second kappa shape index (κ2) is 9.82. The summed E-state index contributed by atoms with van der Waals surface area (Å²) in [6.07, 6.45) is 0. The first-order valence-electron chi connectivity index (χ1n) is 7.59. The number of rotatable bonds is 8. The Kier molecular flexibility index (Phi) is 7.76. The number of carbonyl (C=O) groups excluding carboxylic acids is 1. The quantitative estimate of drug-likeness (QED) is 0.701. The molecule has 0 fully saturated rings. The van der Waals surface area contributed by atoms with Gasteiger partial charge in [0.05, 0.1) is 22.4 Å². The van der Waals surface area contributed by atoms with E-state index < -0.39 is 0 Å². The summed E-state index contributed by atoms with van der Waals surface area (Å²) in [5, 5.41) is 3.99. The van der Waals surface area contributed by atoms with Gasteiger partial charge in [0.25, 0.3) is 0 Å². The lowest BCUT2D eigenvalue weighted by Crippen LogP contribution is -2.24. The first-order valence-corrected chi connectivity index (χ1v) is 9.50. The minimum atomic E-state index is -0.00800. The number of thioether (sulfide) groups is 1. The number of hydrogen-bond acceptors (Lipinski definition) is 3. The standard InChI is InChI=1S/C18H19Cl2NO2S/c1-2-23-17-6-4-3-5-14(17)10-21-18(22)12-24-11-13-7-8-15(19)16(20)9-13/h3-9H,2,10-12H2,1H3,(H,21,22). The molecular formula is C18H19Cl2NO2S. The maximum atomic E-state index is 12.0. The Balaban J connectivity index is 1.76. The molecular weight excluding hydrogens is 365 g/mol. The number of ether oxygens (including phenoxy) is 1. The predicted octanol–water partition coefficient (Wildman–Crippen LogP) is 4.94. The second-order valence-corrected chi connectivity index (χ2v) is 6.86. The zero-order chi connectivity index (χ0) is 17.4. The Hall–Kier alpha value is -1.36. The van der Waals surface area contributed by atoms with Gasteiger partial charge in [0.15, 0.2) is 0 Å². The van der Waals surface area contributed by atoms with Gasteiger partial charge in [0.2, 0.25) is 5.91 Å². The van der Waals surface area contributed by atoms with Crippen molar-refractivity contribution in [3.63, 3.8) is 0 Å². The lowest BCUT2D eigenvalue weighted by atomic mass is 10.2. The van der Waals surface area contributed by atoms with Crippen molar-refractivity contribution < 1.29 is 9.53 Å². The Morgan fingerprint density at radius 2 is 1.96 bits per heavy atom. The van der Waals surface area contributed by atoms with E-state index in [2.05, 4.69) is 5.32 Å². The van der Waals surface area contributed by atoms with E-state index in [0.29, 0.717) is 34.7 Å². The summed E-state index contributed by atoms with van der Waals surface area (Å²) in [7, 11) is 0. The molecule has 0 heterocycles. The number of carbonyl (C=O) groups is 1. The van der Waals surface area contributed by atoms with Crippen molar-refractivity contribution in [2.75, 3.05) is 12.4 Å². The van der Waals surface area contributed by atoms with Crippen LogP contribution in [0, 0.1) is 0 Å². The molecule has 0 aliphatic heterocycles. The average molecular weight is 384 g/mol. The molecule has 0 radical (unpaired) electrons. The fourth-order valence-electron chi connectivity index (χ4n) is 2.08. The third-order valence-corrected chi connectivity index (χ3v) is 4.98. The van der Waals surface area contributed by atoms with Crippen molar-refractivity contribution >= 4 is 40.9 Å². The van der Waals surface area contributed by atoms with Gasteiger partial charge >= 0.3 is 0 Å². The van der Waals surface area contributed by atoms with Crippen molar-refractivity contribution in [1.29, 1.82) is 0 Å². The minimum Gasteiger partial charge on any atom is -0.494 e. The van der Waals surface area contributed by atoms with Crippen molar-refractivity contribution in [3.05, 3.63) is 63.6 Å². The summed E-state index contributed by atoms with van der Waals surface area (Å²) < 4.78 is 5.55. The van der Waals surface area contributed by atoms with E-state index in [1.165, 1.54) is 11.8 Å². The molecule has 0 atom stereocenters. The highest BCUT2D eigenvalue weighted by Gasteiger charge is 2.06. The molecule has 0 unspecified atom stereocenters. The van der Waals surface area contributed by atoms with Crippen LogP contribution < -0.4 is 10.1 Å². The maximum absolute atomic E-state index is 12.0. The first kappa shape index (κ1) is 19.0. The van der Waals surface area contributed by atoms with Crippen LogP contribution >= 0.6 is 35.0 Å². The fraction of sp³-hybridized carbons (Fsp3) is 0.278. The highest BCUT2D eigenvalue weighted by Crippen LogP contribution is 2.24. The summed E-state index contributed by atoms with van der Waals surface area (Å²) in [4.78, 5) is 12.0. The molecule has 0 aliphatic rings. The molecule has 3 nitrogen and oxygen atoms in total. The fourth-order valence-corrected chi connectivity index (χ4v) is 3.21. The first-order chi connectivity index (χ1) is 11.6. The molecule has 0 bridgehead atoms. The highest BCUT2D eigenvalue weighted by atomic mass is 35.5. The molecule has 0 spiro atoms. The monoisotopic (exact) mass is 383 g/mol. The molecule has 2 aromatic carbocycles. The summed E-state index contributed by atoms with van der Waals surface area (Å²) in [5.74, 6) is 1.90. The topological polar surface area (TPSA) is 38.3 Å². The lowest BCUT2D eigenvalue weighted by Gasteiger charge is -2.11. The highest BCUT2D eigenvalue weighted by molar-refractivity contribution is 7.99. The molecule has 1 N–H and O–H groups in total. The third-order valence-electron chi connectivity index (χ3n) is 3.23. The van der Waals surface area contributed by atoms with Gasteiger partial charge in [-0.1, -0.05) is 47.5 Å². The molecule has 0 saturated carbocycles. The van der Waals surface area contributed by atoms with Crippen LogP contribution in [-0.2, 0) is 17.1 Å². The molecule has 0 aromatic heterocycles. The zero-order valence-electron chi connectivity index (χ0n) is 13.4. The van der Waals surface area contributed by atoms with Gasteiger partial charge < -0.3 is 10.1 Å². The second-order valence-electron chi connectivity index (χ2n) is 5.06. The molecule has 24 heavy (non-hydrogen) atoms. The van der Waals surface area contributed by atoms with E-state index in [1.54, 1.807) is 6.07 Å². The number of para-hydroxylation sites is 1. The van der Waals surface area contributed by atoms with E-state index in [1.807, 2.05) is 43.3 Å². The van der Waals surface area contributed by atoms with Crippen molar-refractivity contribution in [2.45, 2.75) is 19.2 Å².